The molecule has 2 saturated heterocycles. The van der Waals surface area contributed by atoms with E-state index in [2.05, 4.69) is 62.0 Å². The van der Waals surface area contributed by atoms with E-state index < -0.39 is 22.9 Å². The number of cyclic esters (lactones) is 2. The van der Waals surface area contributed by atoms with Crippen LogP contribution in [0.1, 0.15) is 133 Å². The molecule has 2 saturated carbocycles. The Morgan fingerprint density at radius 3 is 1.23 bits per heavy atom. The minimum atomic E-state index is -0.995. The summed E-state index contributed by atoms with van der Waals surface area (Å²) in [5, 5.41) is 17.3. The van der Waals surface area contributed by atoms with Crippen molar-refractivity contribution in [3.8, 4) is 0 Å². The molecule has 0 aromatic carbocycles. The first-order chi connectivity index (χ1) is 20.1. The molecule has 0 aromatic rings. The quantitative estimate of drug-likeness (QED) is 0.172. The number of azo groups is 2. The van der Waals surface area contributed by atoms with E-state index in [9.17, 15) is 19.2 Å². The van der Waals surface area contributed by atoms with Crippen molar-refractivity contribution in [3.63, 3.8) is 0 Å². The molecule has 4 rings (SSSR count). The Hall–Kier alpha value is -2.92. The van der Waals surface area contributed by atoms with Crippen LogP contribution in [-0.2, 0) is 38.1 Å². The Labute approximate surface area is 261 Å². The van der Waals surface area contributed by atoms with Gasteiger partial charge in [0.1, 0.15) is 0 Å². The van der Waals surface area contributed by atoms with Gasteiger partial charge in [0.05, 0.1) is 12.8 Å². The number of carbonyl (C=O) groups is 4. The van der Waals surface area contributed by atoms with Crippen molar-refractivity contribution in [2.75, 3.05) is 0 Å². The molecule has 2 aliphatic carbocycles. The van der Waals surface area contributed by atoms with E-state index in [1.165, 1.54) is 13.8 Å². The number of hydrogen-bond donors (Lipinski definition) is 0. The number of nitrogens with zero attached hydrogens (tertiary/aromatic N) is 4. The van der Waals surface area contributed by atoms with Crippen molar-refractivity contribution in [1.29, 1.82) is 0 Å². The summed E-state index contributed by atoms with van der Waals surface area (Å²) in [6.45, 7) is 19.2. The predicted octanol–water partition coefficient (Wildman–Crippen LogP) is 7.19. The second kappa shape index (κ2) is 12.8. The third-order valence-electron chi connectivity index (χ3n) is 8.45. The molecule has 6 unspecified atom stereocenters. The largest absolute Gasteiger partial charge is 0.436 e. The summed E-state index contributed by atoms with van der Waals surface area (Å²) in [6.07, 6.45) is 6.32. The second-order valence-corrected chi connectivity index (χ2v) is 15.5. The minimum absolute atomic E-state index is 0.0140. The van der Waals surface area contributed by atoms with Crippen molar-refractivity contribution in [1.82, 2.24) is 0 Å². The molecular weight excluding hydrogens is 568 g/mol. The van der Waals surface area contributed by atoms with Crippen LogP contribution in [0, 0.1) is 22.7 Å². The van der Waals surface area contributed by atoms with Crippen LogP contribution in [0.5, 0.6) is 0 Å². The summed E-state index contributed by atoms with van der Waals surface area (Å²) in [5.74, 6) is -0.544. The molecule has 2 heterocycles. The number of esters is 4. The molecule has 4 aliphatic rings. The van der Waals surface area contributed by atoms with Gasteiger partial charge in [-0.2, -0.15) is 0 Å². The average molecular weight is 621 g/mol. The first-order valence-electron chi connectivity index (χ1n) is 15.8. The van der Waals surface area contributed by atoms with Gasteiger partial charge in [0.15, 0.2) is 0 Å². The summed E-state index contributed by atoms with van der Waals surface area (Å²) in [6, 6.07) is 0. The molecule has 0 N–H and O–H groups in total. The fourth-order valence-corrected chi connectivity index (χ4v) is 7.69. The van der Waals surface area contributed by atoms with Crippen LogP contribution in [0.25, 0.3) is 0 Å². The molecule has 0 amide bonds. The van der Waals surface area contributed by atoms with E-state index >= 15 is 0 Å². The van der Waals surface area contributed by atoms with Crippen LogP contribution in [0.15, 0.2) is 20.5 Å². The summed E-state index contributed by atoms with van der Waals surface area (Å²) in [7, 11) is 0. The second-order valence-electron chi connectivity index (χ2n) is 15.5. The standard InChI is InChI=1S/C22H38N2O4.C10H14N2O4/c1-15-9-19(5,6)13-21(11-15,27-17(3)25)23-24-22(28-18(4)26)12-16(2)10-20(7,8)14-22;1-9(5-3-7(13)15-9)11-12-10(2)6-4-8(14)16-10/h15-16H,9-14H2,1-8H3;3-6H2,1-2H3. The van der Waals surface area contributed by atoms with E-state index in [0.29, 0.717) is 63.2 Å². The first kappa shape index (κ1) is 35.6. The number of hydrogen-bond acceptors (Lipinski definition) is 12. The molecule has 12 nitrogen and oxygen atoms in total. The van der Waals surface area contributed by atoms with Gasteiger partial charge in [-0.15, -0.1) is 20.5 Å². The van der Waals surface area contributed by atoms with Gasteiger partial charge < -0.3 is 18.9 Å². The molecule has 2 aliphatic heterocycles. The third-order valence-corrected chi connectivity index (χ3v) is 8.45. The molecular formula is C32H52N4O8. The molecule has 4 fully saturated rings. The van der Waals surface area contributed by atoms with E-state index in [1.807, 2.05) is 0 Å². The fourth-order valence-electron chi connectivity index (χ4n) is 7.69. The van der Waals surface area contributed by atoms with E-state index in [4.69, 9.17) is 18.9 Å². The van der Waals surface area contributed by atoms with Gasteiger partial charge in [-0.25, -0.2) is 0 Å². The zero-order valence-corrected chi connectivity index (χ0v) is 28.3. The van der Waals surface area contributed by atoms with Crippen molar-refractivity contribution >= 4 is 23.9 Å². The molecule has 0 spiro atoms. The van der Waals surface area contributed by atoms with E-state index in [1.54, 1.807) is 13.8 Å². The molecule has 0 bridgehead atoms. The zero-order chi connectivity index (χ0) is 33.2. The maximum absolute atomic E-state index is 11.9. The number of carbonyl (C=O) groups excluding carboxylic acids is 4. The Morgan fingerprint density at radius 2 is 0.977 bits per heavy atom. The highest BCUT2D eigenvalue weighted by atomic mass is 16.6. The van der Waals surface area contributed by atoms with Gasteiger partial charge in [-0.05, 0) is 49.4 Å². The summed E-state index contributed by atoms with van der Waals surface area (Å²) >= 11 is 0. The highest BCUT2D eigenvalue weighted by Crippen LogP contribution is 2.50. The molecule has 0 radical (unpaired) electrons. The summed E-state index contributed by atoms with van der Waals surface area (Å²) in [5.41, 5.74) is -3.81. The highest BCUT2D eigenvalue weighted by molar-refractivity contribution is 5.72. The maximum atomic E-state index is 11.9. The van der Waals surface area contributed by atoms with Crippen LogP contribution < -0.4 is 0 Å². The van der Waals surface area contributed by atoms with Crippen molar-refractivity contribution < 1.29 is 38.1 Å². The fraction of sp³-hybridized carbons (Fsp3) is 0.875. The lowest BCUT2D eigenvalue weighted by atomic mass is 9.68. The van der Waals surface area contributed by atoms with Crippen LogP contribution in [0.2, 0.25) is 0 Å². The van der Waals surface area contributed by atoms with E-state index in [-0.39, 0.29) is 34.7 Å². The van der Waals surface area contributed by atoms with Gasteiger partial charge in [0.25, 0.3) is 0 Å². The molecule has 44 heavy (non-hydrogen) atoms. The summed E-state index contributed by atoms with van der Waals surface area (Å²) < 4.78 is 21.6. The normalized spacial score (nSPS) is 38.0. The van der Waals surface area contributed by atoms with Crippen LogP contribution in [-0.4, -0.2) is 46.8 Å². The molecule has 12 heteroatoms. The molecule has 6 atom stereocenters. The lowest BCUT2D eigenvalue weighted by molar-refractivity contribution is -0.176. The van der Waals surface area contributed by atoms with Gasteiger partial charge in [-0.1, -0.05) is 41.5 Å². The number of ether oxygens (including phenoxy) is 4. The Morgan fingerprint density at radius 1 is 0.636 bits per heavy atom. The lowest BCUT2D eigenvalue weighted by Crippen LogP contribution is -2.46. The smallest absolute Gasteiger partial charge is 0.308 e. The van der Waals surface area contributed by atoms with Crippen LogP contribution in [0.4, 0.5) is 0 Å². The maximum Gasteiger partial charge on any atom is 0.308 e. The first-order valence-corrected chi connectivity index (χ1v) is 15.8. The monoisotopic (exact) mass is 620 g/mol. The van der Waals surface area contributed by atoms with Crippen LogP contribution >= 0.6 is 0 Å². The van der Waals surface area contributed by atoms with E-state index in [0.717, 1.165) is 12.8 Å². The van der Waals surface area contributed by atoms with Crippen molar-refractivity contribution in [2.45, 2.75) is 156 Å². The number of rotatable bonds is 6. The van der Waals surface area contributed by atoms with Gasteiger partial charge in [0.2, 0.25) is 22.9 Å². The van der Waals surface area contributed by atoms with Crippen molar-refractivity contribution in [2.24, 2.45) is 43.1 Å². The van der Waals surface area contributed by atoms with Gasteiger partial charge in [0, 0.05) is 52.4 Å². The van der Waals surface area contributed by atoms with Gasteiger partial charge in [-0.3, -0.25) is 19.2 Å². The topological polar surface area (TPSA) is 155 Å². The Balaban J connectivity index is 0.000000278. The minimum Gasteiger partial charge on any atom is -0.436 e. The SMILES string of the molecule is CC(=O)OC1(N=NC2(OC(C)=O)CC(C)CC(C)(C)C2)CC(C)CC(C)(C)C1.CC1(N=NC2(C)CCC(=O)O2)CCC(=O)O1. The Bertz CT molecular complexity index is 1100. The lowest BCUT2D eigenvalue weighted by Gasteiger charge is -2.46. The van der Waals surface area contributed by atoms with Gasteiger partial charge >= 0.3 is 23.9 Å². The van der Waals surface area contributed by atoms with Crippen molar-refractivity contribution in [3.05, 3.63) is 0 Å². The summed E-state index contributed by atoms with van der Waals surface area (Å²) in [4.78, 5) is 45.7. The third kappa shape index (κ3) is 10.1. The molecule has 0 aromatic heterocycles. The molecule has 248 valence electrons. The van der Waals surface area contributed by atoms with Crippen LogP contribution in [0.3, 0.4) is 0 Å². The highest BCUT2D eigenvalue weighted by Gasteiger charge is 2.50. The Kier molecular flexibility index (Phi) is 10.4. The predicted molar refractivity (Wildman–Crippen MR) is 160 cm³/mol. The average Bonchev–Trinajstić information content (AvgIpc) is 3.34. The zero-order valence-electron chi connectivity index (χ0n) is 28.3.